The maximum atomic E-state index is 13.2. The second kappa shape index (κ2) is 18.0. The van der Waals surface area contributed by atoms with E-state index in [1.807, 2.05) is 7.05 Å². The van der Waals surface area contributed by atoms with E-state index in [0.29, 0.717) is 19.6 Å². The van der Waals surface area contributed by atoms with Crippen LogP contribution in [0.2, 0.25) is 0 Å². The molecule has 0 bridgehead atoms. The van der Waals surface area contributed by atoms with Crippen LogP contribution >= 0.6 is 7.26 Å². The zero-order valence-corrected chi connectivity index (χ0v) is 28.4. The Bertz CT molecular complexity index is 1490. The van der Waals surface area contributed by atoms with Gasteiger partial charge in [-0.15, -0.1) is 0 Å². The van der Waals surface area contributed by atoms with Crippen LogP contribution in [0.15, 0.2) is 109 Å². The molecule has 0 radical (unpaired) electrons. The minimum atomic E-state index is -2.26. The first-order chi connectivity index (χ1) is 22.8. The van der Waals surface area contributed by atoms with Gasteiger partial charge in [0, 0.05) is 13.8 Å². The summed E-state index contributed by atoms with van der Waals surface area (Å²) in [7, 11) is -0.426. The van der Waals surface area contributed by atoms with E-state index in [0.717, 1.165) is 31.8 Å². The van der Waals surface area contributed by atoms with Crippen molar-refractivity contribution < 1.29 is 28.6 Å². The summed E-state index contributed by atoms with van der Waals surface area (Å²) < 4.78 is 16.0. The van der Waals surface area contributed by atoms with Crippen LogP contribution in [0.4, 0.5) is 4.79 Å². The third-order valence-corrected chi connectivity index (χ3v) is 13.1. The molecular formula is C38H45N2O6P. The van der Waals surface area contributed by atoms with Gasteiger partial charge < -0.3 is 9.47 Å². The zero-order chi connectivity index (χ0) is 33.5. The molecule has 0 aromatic heterocycles. The summed E-state index contributed by atoms with van der Waals surface area (Å²) in [6.45, 7) is 4.12. The van der Waals surface area contributed by atoms with Gasteiger partial charge in [0.2, 0.25) is 0 Å². The van der Waals surface area contributed by atoms with Crippen molar-refractivity contribution in [3.05, 3.63) is 109 Å². The number of nitrogens with zero attached hydrogens (tertiary/aromatic N) is 1. The van der Waals surface area contributed by atoms with Crippen molar-refractivity contribution in [3.63, 3.8) is 0 Å². The molecule has 9 heteroatoms. The van der Waals surface area contributed by atoms with Gasteiger partial charge in [0.15, 0.2) is 5.75 Å². The van der Waals surface area contributed by atoms with Crippen molar-refractivity contribution in [1.29, 1.82) is 0 Å². The van der Waals surface area contributed by atoms with E-state index in [1.165, 1.54) is 48.0 Å². The molecule has 0 heterocycles. The van der Waals surface area contributed by atoms with E-state index >= 15 is 0 Å². The van der Waals surface area contributed by atoms with E-state index in [9.17, 15) is 14.4 Å². The molecule has 0 atom stereocenters. The van der Waals surface area contributed by atoms with Crippen LogP contribution in [-0.4, -0.2) is 55.8 Å². The van der Waals surface area contributed by atoms with Gasteiger partial charge in [-0.3, -0.25) is 9.59 Å². The number of carbonyl (C=O) groups excluding carboxylic acids is 3. The molecule has 0 fully saturated rings. The molecule has 248 valence electrons. The first-order valence-corrected chi connectivity index (χ1v) is 18.3. The predicted octanol–water partition coefficient (Wildman–Crippen LogP) is 5.84. The number of likely N-dealkylation sites (N-methyl/N-ethyl adjacent to an activating group) is 1. The summed E-state index contributed by atoms with van der Waals surface area (Å²) in [5, 5.41) is 7.34. The quantitative estimate of drug-likeness (QED) is 0.0701. The van der Waals surface area contributed by atoms with Crippen molar-refractivity contribution in [2.75, 3.05) is 32.8 Å². The molecule has 4 rings (SSSR count). The van der Waals surface area contributed by atoms with E-state index < -0.39 is 25.3 Å². The monoisotopic (exact) mass is 656 g/mol. The van der Waals surface area contributed by atoms with Crippen LogP contribution in [-0.2, 0) is 9.59 Å². The number of ether oxygens (including phenoxy) is 3. The first kappa shape index (κ1) is 35.3. The molecule has 0 spiro atoms. The average molecular weight is 657 g/mol. The molecule has 0 aliphatic rings. The fourth-order valence-electron chi connectivity index (χ4n) is 5.88. The van der Waals surface area contributed by atoms with Gasteiger partial charge in [-0.1, -0.05) is 0 Å². The zero-order valence-electron chi connectivity index (χ0n) is 27.4. The molecule has 4 aromatic rings. The fraction of sp³-hybridized carbons (Fsp3) is 0.289. The van der Waals surface area contributed by atoms with Crippen LogP contribution in [0.25, 0.3) is 0 Å². The van der Waals surface area contributed by atoms with E-state index in [2.05, 4.69) is 96.3 Å². The Hall–Kier alpha value is -4.52. The minimum absolute atomic E-state index is 0.000842. The molecular weight excluding hydrogens is 611 g/mol. The van der Waals surface area contributed by atoms with Crippen molar-refractivity contribution in [1.82, 2.24) is 10.2 Å². The molecule has 0 saturated carbocycles. The summed E-state index contributed by atoms with van der Waals surface area (Å²) in [5.41, 5.74) is 0. The second-order valence-corrected chi connectivity index (χ2v) is 15.5. The summed E-state index contributed by atoms with van der Waals surface area (Å²) in [6, 6.07) is 37.2. The summed E-state index contributed by atoms with van der Waals surface area (Å²) >= 11 is 0. The molecule has 47 heavy (non-hydrogen) atoms. The number of nitrogens with one attached hydrogen (secondary N) is 1. The predicted molar refractivity (Wildman–Crippen MR) is 190 cm³/mol. The van der Waals surface area contributed by atoms with Gasteiger partial charge in [0.1, 0.15) is 0 Å². The van der Waals surface area contributed by atoms with Crippen LogP contribution in [0.3, 0.4) is 0 Å². The molecule has 1 amide bonds. The van der Waals surface area contributed by atoms with Crippen molar-refractivity contribution in [3.8, 4) is 17.2 Å². The Morgan fingerprint density at radius 3 is 1.64 bits per heavy atom. The molecule has 0 unspecified atom stereocenters. The molecule has 8 nitrogen and oxygen atoms in total. The van der Waals surface area contributed by atoms with Crippen LogP contribution < -0.4 is 35.4 Å². The van der Waals surface area contributed by atoms with Gasteiger partial charge in [0.25, 0.3) is 0 Å². The molecule has 0 aliphatic carbocycles. The third-order valence-electron chi connectivity index (χ3n) is 8.05. The normalized spacial score (nSPS) is 11.4. The van der Waals surface area contributed by atoms with Gasteiger partial charge in [-0.05, 0) is 0 Å². The van der Waals surface area contributed by atoms with Crippen molar-refractivity contribution in [2.45, 2.75) is 39.5 Å². The molecule has 0 saturated heterocycles. The number of benzene rings is 4. The Morgan fingerprint density at radius 2 is 1.13 bits per heavy atom. The molecule has 1 N–H and O–H groups in total. The Kier molecular flexibility index (Phi) is 13.5. The van der Waals surface area contributed by atoms with Crippen LogP contribution in [0.1, 0.15) is 39.5 Å². The Balaban J connectivity index is 1.41. The van der Waals surface area contributed by atoms with Gasteiger partial charge in [0.05, 0.1) is 0 Å². The number of rotatable bonds is 16. The number of esters is 2. The van der Waals surface area contributed by atoms with E-state index in [1.54, 1.807) is 4.90 Å². The Morgan fingerprint density at radius 1 is 0.617 bits per heavy atom. The number of hydrogen-bond donors (Lipinski definition) is 1. The van der Waals surface area contributed by atoms with Gasteiger partial charge >= 0.3 is 240 Å². The first-order valence-electron chi connectivity index (χ1n) is 16.1. The third kappa shape index (κ3) is 9.98. The fourth-order valence-corrected chi connectivity index (χ4v) is 10.8. The summed E-state index contributed by atoms with van der Waals surface area (Å²) in [6.07, 6.45) is 4.50. The maximum absolute atomic E-state index is 13.2. The molecule has 0 aliphatic heterocycles. The van der Waals surface area contributed by atoms with Crippen LogP contribution in [0.5, 0.6) is 17.2 Å². The van der Waals surface area contributed by atoms with E-state index in [-0.39, 0.29) is 17.2 Å². The number of unbranched alkanes of at least 4 members (excludes halogenated alkanes) is 3. The Labute approximate surface area is 278 Å². The SMILES string of the molecule is CNCCN(CCCCCC[PH](c1ccccc1)(c1ccccc1)c1ccccc1)C(=O)Oc1ccc(OC(C)=O)c(OC(C)=O)c1. The van der Waals surface area contributed by atoms with Crippen LogP contribution in [0, 0.1) is 0 Å². The molecule has 4 aromatic carbocycles. The number of hydrogen-bond acceptors (Lipinski definition) is 7. The van der Waals surface area contributed by atoms with E-state index in [4.69, 9.17) is 14.2 Å². The van der Waals surface area contributed by atoms with Crippen molar-refractivity contribution in [2.24, 2.45) is 0 Å². The van der Waals surface area contributed by atoms with Gasteiger partial charge in [-0.2, -0.15) is 0 Å². The average Bonchev–Trinajstić information content (AvgIpc) is 3.08. The van der Waals surface area contributed by atoms with Gasteiger partial charge in [-0.25, -0.2) is 0 Å². The number of carbonyl (C=O) groups is 3. The van der Waals surface area contributed by atoms with Crippen molar-refractivity contribution >= 4 is 41.2 Å². The second-order valence-electron chi connectivity index (χ2n) is 11.4. The summed E-state index contributed by atoms with van der Waals surface area (Å²) in [4.78, 5) is 38.0. The topological polar surface area (TPSA) is 94.2 Å². The standard InChI is InChI=1S/C38H45N2O6P/c1-30(41)44-36-24-23-32(29-37(36)45-31(2)42)46-38(43)40(27-25-39-3)26-15-4-5-16-28-47(33-17-9-6-10-18-33,34-19-11-7-12-20-34)35-21-13-8-14-22-35/h6-14,17-24,29,39,47H,4-5,15-16,25-28H2,1-3H3. The summed E-state index contributed by atoms with van der Waals surface area (Å²) in [5.74, 6) is -0.900. The number of amides is 1.